The minimum atomic E-state index is 0.00880. The summed E-state index contributed by atoms with van der Waals surface area (Å²) in [5, 5.41) is 1.59. The van der Waals surface area contributed by atoms with Crippen LogP contribution in [-0.2, 0) is 6.42 Å². The molecule has 0 aliphatic rings. The van der Waals surface area contributed by atoms with Crippen molar-refractivity contribution in [2.45, 2.75) is 20.3 Å². The van der Waals surface area contributed by atoms with Crippen molar-refractivity contribution in [3.05, 3.63) is 69.9 Å². The van der Waals surface area contributed by atoms with Crippen LogP contribution in [0.3, 0.4) is 0 Å². The van der Waals surface area contributed by atoms with Crippen LogP contribution in [0.4, 0.5) is 0 Å². The van der Waals surface area contributed by atoms with Crippen LogP contribution in [0.5, 0.6) is 0 Å². The van der Waals surface area contributed by atoms with E-state index in [0.717, 1.165) is 22.9 Å². The molecule has 0 saturated carbocycles. The van der Waals surface area contributed by atoms with Crippen LogP contribution in [0.15, 0.2) is 42.6 Å². The number of carbonyl (C=O) groups is 1. The lowest BCUT2D eigenvalue weighted by molar-refractivity contribution is 0.104. The van der Waals surface area contributed by atoms with E-state index in [9.17, 15) is 4.79 Å². The third-order valence-corrected chi connectivity index (χ3v) is 4.35. The molecule has 2 aromatic carbocycles. The number of rotatable bonds is 3. The molecule has 21 heavy (non-hydrogen) atoms. The molecule has 0 fully saturated rings. The van der Waals surface area contributed by atoms with Gasteiger partial charge in [-0.05, 0) is 30.5 Å². The molecule has 106 valence electrons. The molecule has 0 radical (unpaired) electrons. The monoisotopic (exact) mass is 297 g/mol. The van der Waals surface area contributed by atoms with Gasteiger partial charge in [0.2, 0.25) is 0 Å². The van der Waals surface area contributed by atoms with Gasteiger partial charge in [-0.1, -0.05) is 48.9 Å². The summed E-state index contributed by atoms with van der Waals surface area (Å²) in [5.41, 5.74) is 4.44. The third-order valence-electron chi connectivity index (χ3n) is 3.94. The molecule has 0 bridgehead atoms. The van der Waals surface area contributed by atoms with Crippen LogP contribution in [0, 0.1) is 6.92 Å². The quantitative estimate of drug-likeness (QED) is 0.684. The van der Waals surface area contributed by atoms with Crippen molar-refractivity contribution >= 4 is 28.3 Å². The second kappa shape index (κ2) is 5.38. The Morgan fingerprint density at radius 3 is 2.67 bits per heavy atom. The van der Waals surface area contributed by atoms with Gasteiger partial charge in [0, 0.05) is 33.2 Å². The second-order valence-corrected chi connectivity index (χ2v) is 5.54. The molecule has 0 saturated heterocycles. The maximum atomic E-state index is 12.8. The predicted octanol–water partition coefficient (Wildman–Crippen LogP) is 4.92. The molecular formula is C18H16ClNO. The van der Waals surface area contributed by atoms with E-state index in [1.54, 1.807) is 12.3 Å². The van der Waals surface area contributed by atoms with E-state index in [4.69, 9.17) is 11.6 Å². The summed E-state index contributed by atoms with van der Waals surface area (Å²) in [4.78, 5) is 16.1. The van der Waals surface area contributed by atoms with Crippen molar-refractivity contribution in [3.8, 4) is 0 Å². The number of aromatic amines is 1. The van der Waals surface area contributed by atoms with Crippen molar-refractivity contribution in [2.24, 2.45) is 0 Å². The first-order chi connectivity index (χ1) is 10.1. The molecule has 0 atom stereocenters. The highest BCUT2D eigenvalue weighted by Crippen LogP contribution is 2.27. The van der Waals surface area contributed by atoms with E-state index < -0.39 is 0 Å². The zero-order valence-corrected chi connectivity index (χ0v) is 12.8. The van der Waals surface area contributed by atoms with Gasteiger partial charge in [-0.2, -0.15) is 0 Å². The van der Waals surface area contributed by atoms with Crippen LogP contribution < -0.4 is 0 Å². The lowest BCUT2D eigenvalue weighted by Crippen LogP contribution is -2.03. The number of para-hydroxylation sites is 1. The number of fused-ring (bicyclic) bond motifs is 1. The molecule has 0 aliphatic carbocycles. The van der Waals surface area contributed by atoms with Gasteiger partial charge in [0.15, 0.2) is 5.78 Å². The lowest BCUT2D eigenvalue weighted by Gasteiger charge is -2.06. The highest BCUT2D eigenvalue weighted by atomic mass is 35.5. The summed E-state index contributed by atoms with van der Waals surface area (Å²) in [6.45, 7) is 3.99. The van der Waals surface area contributed by atoms with E-state index in [1.807, 2.05) is 31.2 Å². The topological polar surface area (TPSA) is 32.9 Å². The van der Waals surface area contributed by atoms with Gasteiger partial charge in [0.1, 0.15) is 0 Å². The SMILES string of the molecule is CCc1cccc2c(C(=O)c3cccc(Cl)c3C)c[nH]c12. The summed E-state index contributed by atoms with van der Waals surface area (Å²) in [5.74, 6) is 0.00880. The molecule has 1 heterocycles. The zero-order valence-electron chi connectivity index (χ0n) is 12.0. The first kappa shape index (κ1) is 13.9. The maximum Gasteiger partial charge on any atom is 0.195 e. The van der Waals surface area contributed by atoms with Crippen molar-refractivity contribution in [1.82, 2.24) is 4.98 Å². The Hall–Kier alpha value is -2.06. The van der Waals surface area contributed by atoms with Crippen LogP contribution in [0.25, 0.3) is 10.9 Å². The fourth-order valence-corrected chi connectivity index (χ4v) is 2.87. The molecule has 0 spiro atoms. The highest BCUT2D eigenvalue weighted by molar-refractivity contribution is 6.32. The number of aromatic nitrogens is 1. The minimum absolute atomic E-state index is 0.00880. The molecular weight excluding hydrogens is 282 g/mol. The second-order valence-electron chi connectivity index (χ2n) is 5.14. The van der Waals surface area contributed by atoms with E-state index in [1.165, 1.54) is 5.56 Å². The average Bonchev–Trinajstić information content (AvgIpc) is 2.93. The van der Waals surface area contributed by atoms with E-state index in [-0.39, 0.29) is 5.78 Å². The van der Waals surface area contributed by atoms with Gasteiger partial charge in [0.05, 0.1) is 0 Å². The molecule has 0 aliphatic heterocycles. The smallest absolute Gasteiger partial charge is 0.195 e. The van der Waals surface area contributed by atoms with E-state index >= 15 is 0 Å². The normalized spacial score (nSPS) is 11.0. The largest absolute Gasteiger partial charge is 0.360 e. The number of hydrogen-bond donors (Lipinski definition) is 1. The summed E-state index contributed by atoms with van der Waals surface area (Å²) < 4.78 is 0. The number of aryl methyl sites for hydroxylation is 1. The van der Waals surface area contributed by atoms with Crippen LogP contribution in [0.1, 0.15) is 34.0 Å². The van der Waals surface area contributed by atoms with Gasteiger partial charge in [-0.25, -0.2) is 0 Å². The Morgan fingerprint density at radius 1 is 1.14 bits per heavy atom. The average molecular weight is 298 g/mol. The van der Waals surface area contributed by atoms with Crippen LogP contribution in [-0.4, -0.2) is 10.8 Å². The molecule has 3 aromatic rings. The number of halogens is 1. The summed E-state index contributed by atoms with van der Waals surface area (Å²) in [7, 11) is 0. The Morgan fingerprint density at radius 2 is 1.90 bits per heavy atom. The lowest BCUT2D eigenvalue weighted by atomic mass is 9.98. The first-order valence-corrected chi connectivity index (χ1v) is 7.40. The fraction of sp³-hybridized carbons (Fsp3) is 0.167. The molecule has 1 aromatic heterocycles. The van der Waals surface area contributed by atoms with Gasteiger partial charge in [0.25, 0.3) is 0 Å². The van der Waals surface area contributed by atoms with Crippen LogP contribution >= 0.6 is 11.6 Å². The molecule has 3 rings (SSSR count). The van der Waals surface area contributed by atoms with E-state index in [0.29, 0.717) is 16.1 Å². The number of hydrogen-bond acceptors (Lipinski definition) is 1. The van der Waals surface area contributed by atoms with Crippen molar-refractivity contribution in [3.63, 3.8) is 0 Å². The number of H-pyrrole nitrogens is 1. The summed E-state index contributed by atoms with van der Waals surface area (Å²) in [6, 6.07) is 11.5. The number of benzene rings is 2. The molecule has 3 heteroatoms. The molecule has 0 amide bonds. The van der Waals surface area contributed by atoms with Crippen molar-refractivity contribution < 1.29 is 4.79 Å². The molecule has 1 N–H and O–H groups in total. The van der Waals surface area contributed by atoms with Crippen molar-refractivity contribution in [1.29, 1.82) is 0 Å². The van der Waals surface area contributed by atoms with Crippen molar-refractivity contribution in [2.75, 3.05) is 0 Å². The summed E-state index contributed by atoms with van der Waals surface area (Å²) in [6.07, 6.45) is 2.73. The Balaban J connectivity index is 2.17. The maximum absolute atomic E-state index is 12.8. The van der Waals surface area contributed by atoms with E-state index in [2.05, 4.69) is 18.0 Å². The number of carbonyl (C=O) groups excluding carboxylic acids is 1. The highest BCUT2D eigenvalue weighted by Gasteiger charge is 2.17. The minimum Gasteiger partial charge on any atom is -0.360 e. The third kappa shape index (κ3) is 2.26. The number of nitrogens with one attached hydrogen (secondary N) is 1. The Bertz CT molecular complexity index is 832. The van der Waals surface area contributed by atoms with Gasteiger partial charge in [-0.15, -0.1) is 0 Å². The molecule has 2 nitrogen and oxygen atoms in total. The van der Waals surface area contributed by atoms with Gasteiger partial charge >= 0.3 is 0 Å². The Labute approximate surface area is 128 Å². The van der Waals surface area contributed by atoms with Gasteiger partial charge in [-0.3, -0.25) is 4.79 Å². The zero-order chi connectivity index (χ0) is 15.0. The van der Waals surface area contributed by atoms with Gasteiger partial charge < -0.3 is 4.98 Å². The van der Waals surface area contributed by atoms with Crippen LogP contribution in [0.2, 0.25) is 5.02 Å². The number of ketones is 1. The standard InChI is InChI=1S/C18H16ClNO/c1-3-12-6-4-8-14-15(10-20-17(12)14)18(21)13-7-5-9-16(19)11(13)2/h4-10,20H,3H2,1-2H3. The molecule has 0 unspecified atom stereocenters. The first-order valence-electron chi connectivity index (χ1n) is 7.02. The summed E-state index contributed by atoms with van der Waals surface area (Å²) >= 11 is 6.13. The Kier molecular flexibility index (Phi) is 3.56. The fourth-order valence-electron chi connectivity index (χ4n) is 2.70. The predicted molar refractivity (Wildman–Crippen MR) is 87.3 cm³/mol.